The lowest BCUT2D eigenvalue weighted by Gasteiger charge is -2.21. The summed E-state index contributed by atoms with van der Waals surface area (Å²) in [6.07, 6.45) is 4.02. The van der Waals surface area contributed by atoms with Crippen molar-refractivity contribution >= 4 is 5.91 Å². The number of rotatable bonds is 2. The van der Waals surface area contributed by atoms with Gasteiger partial charge in [0.05, 0.1) is 17.0 Å². The Morgan fingerprint density at radius 2 is 1.92 bits per heavy atom. The lowest BCUT2D eigenvalue weighted by molar-refractivity contribution is 0.0937. The third-order valence-corrected chi connectivity index (χ3v) is 5.27. The Labute approximate surface area is 145 Å². The van der Waals surface area contributed by atoms with E-state index in [1.54, 1.807) is 6.20 Å². The molecular formula is C20H18N4O. The van der Waals surface area contributed by atoms with E-state index in [2.05, 4.69) is 34.3 Å². The molecule has 25 heavy (non-hydrogen) atoms. The van der Waals surface area contributed by atoms with Gasteiger partial charge in [0, 0.05) is 29.4 Å². The molecule has 5 rings (SSSR count). The Kier molecular flexibility index (Phi) is 2.89. The Morgan fingerprint density at radius 3 is 2.68 bits per heavy atom. The summed E-state index contributed by atoms with van der Waals surface area (Å²) >= 11 is 0. The number of aromatic amines is 1. The van der Waals surface area contributed by atoms with Crippen molar-refractivity contribution in [3.8, 4) is 22.8 Å². The van der Waals surface area contributed by atoms with Crippen molar-refractivity contribution in [2.75, 3.05) is 6.54 Å². The van der Waals surface area contributed by atoms with Crippen LogP contribution >= 0.6 is 0 Å². The van der Waals surface area contributed by atoms with Gasteiger partial charge in [-0.3, -0.25) is 4.79 Å². The highest BCUT2D eigenvalue weighted by atomic mass is 16.1. The highest BCUT2D eigenvalue weighted by Gasteiger charge is 2.50. The molecule has 1 fully saturated rings. The van der Waals surface area contributed by atoms with Gasteiger partial charge in [-0.2, -0.15) is 0 Å². The maximum absolute atomic E-state index is 12.2. The first-order valence-corrected chi connectivity index (χ1v) is 8.57. The molecule has 1 aliphatic carbocycles. The minimum atomic E-state index is 0.00263. The van der Waals surface area contributed by atoms with Crippen LogP contribution in [0.2, 0.25) is 0 Å². The van der Waals surface area contributed by atoms with Crippen molar-refractivity contribution < 1.29 is 4.79 Å². The van der Waals surface area contributed by atoms with E-state index in [0.29, 0.717) is 5.82 Å². The highest BCUT2D eigenvalue weighted by Crippen LogP contribution is 2.50. The predicted molar refractivity (Wildman–Crippen MR) is 95.2 cm³/mol. The van der Waals surface area contributed by atoms with Gasteiger partial charge in [-0.1, -0.05) is 29.8 Å². The van der Waals surface area contributed by atoms with Crippen LogP contribution in [-0.2, 0) is 5.41 Å². The second kappa shape index (κ2) is 5.02. The molecule has 0 saturated heterocycles. The number of nitrogens with zero attached hydrogens (tertiary/aromatic N) is 2. The zero-order valence-corrected chi connectivity index (χ0v) is 14.0. The summed E-state index contributed by atoms with van der Waals surface area (Å²) in [5.41, 5.74) is 5.83. The van der Waals surface area contributed by atoms with Gasteiger partial charge in [0.25, 0.3) is 5.91 Å². The van der Waals surface area contributed by atoms with E-state index in [0.717, 1.165) is 47.6 Å². The number of hydrogen-bond acceptors (Lipinski definition) is 3. The molecule has 0 unspecified atom stereocenters. The molecule has 3 aromatic rings. The smallest absolute Gasteiger partial charge is 0.253 e. The van der Waals surface area contributed by atoms with Crippen LogP contribution in [0.25, 0.3) is 22.8 Å². The van der Waals surface area contributed by atoms with Crippen LogP contribution in [-0.4, -0.2) is 27.4 Å². The van der Waals surface area contributed by atoms with Gasteiger partial charge in [-0.05, 0) is 31.9 Å². The maximum Gasteiger partial charge on any atom is 0.253 e. The van der Waals surface area contributed by atoms with E-state index in [4.69, 9.17) is 4.98 Å². The van der Waals surface area contributed by atoms with E-state index in [9.17, 15) is 4.79 Å². The molecule has 3 heterocycles. The number of aryl methyl sites for hydroxylation is 1. The molecule has 1 spiro atoms. The van der Waals surface area contributed by atoms with Crippen molar-refractivity contribution in [1.82, 2.24) is 20.3 Å². The number of benzene rings is 1. The number of amides is 1. The van der Waals surface area contributed by atoms with E-state index in [1.807, 2.05) is 24.3 Å². The molecule has 5 nitrogen and oxygen atoms in total. The quantitative estimate of drug-likeness (QED) is 0.758. The summed E-state index contributed by atoms with van der Waals surface area (Å²) < 4.78 is 0. The summed E-state index contributed by atoms with van der Waals surface area (Å²) in [6.45, 7) is 2.79. The van der Waals surface area contributed by atoms with Gasteiger partial charge in [0.1, 0.15) is 0 Å². The fraction of sp³-hybridized carbons (Fsp3) is 0.250. The molecule has 1 aliphatic heterocycles. The van der Waals surface area contributed by atoms with Gasteiger partial charge in [0.15, 0.2) is 5.82 Å². The molecule has 5 heteroatoms. The van der Waals surface area contributed by atoms with E-state index in [1.165, 1.54) is 5.56 Å². The molecule has 124 valence electrons. The van der Waals surface area contributed by atoms with Gasteiger partial charge >= 0.3 is 0 Å². The standard InChI is InChI=1S/C20H18N4O/c1-12-2-4-13(5-3-12)18-21-9-6-15(24-18)16-10-14-17(23-16)20(7-8-20)11-22-19(14)25/h2-6,9-10,23H,7-8,11H2,1H3,(H,22,25). The van der Waals surface area contributed by atoms with Gasteiger partial charge in [-0.25, -0.2) is 9.97 Å². The minimum Gasteiger partial charge on any atom is -0.356 e. The number of nitrogens with one attached hydrogen (secondary N) is 2. The topological polar surface area (TPSA) is 70.7 Å². The molecule has 0 bridgehead atoms. The summed E-state index contributed by atoms with van der Waals surface area (Å²) in [7, 11) is 0. The van der Waals surface area contributed by atoms with Crippen LogP contribution in [0.4, 0.5) is 0 Å². The molecule has 0 atom stereocenters. The Hall–Kier alpha value is -2.95. The third-order valence-electron chi connectivity index (χ3n) is 5.27. The van der Waals surface area contributed by atoms with Gasteiger partial charge < -0.3 is 10.3 Å². The first kappa shape index (κ1) is 14.4. The van der Waals surface area contributed by atoms with Gasteiger partial charge in [0.2, 0.25) is 0 Å². The number of carbonyl (C=O) groups is 1. The summed E-state index contributed by atoms with van der Waals surface area (Å²) in [4.78, 5) is 24.8. The molecule has 1 aromatic carbocycles. The van der Waals surface area contributed by atoms with Gasteiger partial charge in [-0.15, -0.1) is 0 Å². The zero-order valence-electron chi connectivity index (χ0n) is 14.0. The van der Waals surface area contributed by atoms with Crippen molar-refractivity contribution in [2.45, 2.75) is 25.2 Å². The lowest BCUT2D eigenvalue weighted by Crippen LogP contribution is -2.38. The molecule has 1 saturated carbocycles. The Bertz CT molecular complexity index is 983. The average Bonchev–Trinajstić information content (AvgIpc) is 3.26. The van der Waals surface area contributed by atoms with Crippen LogP contribution < -0.4 is 5.32 Å². The van der Waals surface area contributed by atoms with Crippen LogP contribution in [0.15, 0.2) is 42.6 Å². The first-order valence-electron chi connectivity index (χ1n) is 8.57. The predicted octanol–water partition coefficient (Wildman–Crippen LogP) is 3.22. The normalized spacial score (nSPS) is 17.2. The number of aromatic nitrogens is 3. The van der Waals surface area contributed by atoms with E-state index >= 15 is 0 Å². The Morgan fingerprint density at radius 1 is 1.12 bits per heavy atom. The van der Waals surface area contributed by atoms with Crippen LogP contribution in [0.1, 0.15) is 34.5 Å². The molecule has 2 aromatic heterocycles. The molecule has 1 amide bonds. The van der Waals surface area contributed by atoms with Crippen molar-refractivity contribution in [3.63, 3.8) is 0 Å². The first-order chi connectivity index (χ1) is 12.1. The fourth-order valence-electron chi connectivity index (χ4n) is 3.55. The minimum absolute atomic E-state index is 0.00263. The molecule has 2 N–H and O–H groups in total. The molecule has 0 radical (unpaired) electrons. The fourth-order valence-corrected chi connectivity index (χ4v) is 3.55. The zero-order chi connectivity index (χ0) is 17.0. The third kappa shape index (κ3) is 2.27. The second-order valence-electron chi connectivity index (χ2n) is 7.07. The Balaban J connectivity index is 1.57. The maximum atomic E-state index is 12.2. The molecular weight excluding hydrogens is 312 g/mol. The van der Waals surface area contributed by atoms with Crippen LogP contribution in [0, 0.1) is 6.92 Å². The van der Waals surface area contributed by atoms with E-state index < -0.39 is 0 Å². The molecule has 2 aliphatic rings. The number of carbonyl (C=O) groups excluding carboxylic acids is 1. The van der Waals surface area contributed by atoms with Crippen LogP contribution in [0.3, 0.4) is 0 Å². The number of fused-ring (bicyclic) bond motifs is 2. The van der Waals surface area contributed by atoms with Crippen LogP contribution in [0.5, 0.6) is 0 Å². The SMILES string of the molecule is Cc1ccc(-c2nccc(-c3cc4c([nH]3)C3(CC3)CNC4=O)n2)cc1. The second-order valence-corrected chi connectivity index (χ2v) is 7.07. The van der Waals surface area contributed by atoms with Crippen molar-refractivity contribution in [1.29, 1.82) is 0 Å². The van der Waals surface area contributed by atoms with Crippen molar-refractivity contribution in [3.05, 3.63) is 59.4 Å². The lowest BCUT2D eigenvalue weighted by atomic mass is 9.95. The largest absolute Gasteiger partial charge is 0.356 e. The summed E-state index contributed by atoms with van der Waals surface area (Å²) in [6, 6.07) is 12.0. The monoisotopic (exact) mass is 330 g/mol. The van der Waals surface area contributed by atoms with E-state index in [-0.39, 0.29) is 11.3 Å². The summed E-state index contributed by atoms with van der Waals surface area (Å²) in [5.74, 6) is 0.693. The number of H-pyrrole nitrogens is 1. The summed E-state index contributed by atoms with van der Waals surface area (Å²) in [5, 5.41) is 3.01. The highest BCUT2D eigenvalue weighted by molar-refractivity contribution is 5.98. The average molecular weight is 330 g/mol. The number of hydrogen-bond donors (Lipinski definition) is 2. The van der Waals surface area contributed by atoms with Crippen molar-refractivity contribution in [2.24, 2.45) is 0 Å².